The highest BCUT2D eigenvalue weighted by atomic mass is 16.4. The van der Waals surface area contributed by atoms with Gasteiger partial charge in [0.2, 0.25) is 5.95 Å². The van der Waals surface area contributed by atoms with E-state index in [0.29, 0.717) is 0 Å². The number of aromatic nitrogens is 2. The van der Waals surface area contributed by atoms with Crippen LogP contribution < -0.4 is 5.73 Å². The van der Waals surface area contributed by atoms with Crippen LogP contribution in [-0.2, 0) is 11.3 Å². The number of nitrogens with two attached hydrogens (primary N) is 1. The second-order valence-electron chi connectivity index (χ2n) is 3.88. The third-order valence-electron chi connectivity index (χ3n) is 2.69. The van der Waals surface area contributed by atoms with Crippen molar-refractivity contribution in [1.82, 2.24) is 9.55 Å². The lowest BCUT2D eigenvalue weighted by molar-refractivity contribution is -0.137. The molecule has 1 aromatic heterocycles. The zero-order valence-corrected chi connectivity index (χ0v) is 9.19. The SMILES string of the molecule is Cc1cc2nc(N)n(CC(=O)O)c2cc1C. The van der Waals surface area contributed by atoms with Gasteiger partial charge in [-0.3, -0.25) is 9.36 Å². The van der Waals surface area contributed by atoms with Gasteiger partial charge in [0.25, 0.3) is 0 Å². The van der Waals surface area contributed by atoms with Crippen molar-refractivity contribution in [3.8, 4) is 0 Å². The monoisotopic (exact) mass is 219 g/mol. The van der Waals surface area contributed by atoms with Gasteiger partial charge in [-0.25, -0.2) is 4.98 Å². The molecular weight excluding hydrogens is 206 g/mol. The Morgan fingerprint density at radius 1 is 1.44 bits per heavy atom. The van der Waals surface area contributed by atoms with E-state index in [9.17, 15) is 4.79 Å². The Bertz CT molecular complexity index is 572. The van der Waals surface area contributed by atoms with E-state index >= 15 is 0 Å². The number of carboxylic acid groups (broad SMARTS) is 1. The van der Waals surface area contributed by atoms with Crippen LogP contribution in [0.15, 0.2) is 12.1 Å². The third kappa shape index (κ3) is 1.60. The molecule has 3 N–H and O–H groups in total. The van der Waals surface area contributed by atoms with E-state index < -0.39 is 5.97 Å². The largest absolute Gasteiger partial charge is 0.480 e. The maximum atomic E-state index is 10.7. The molecule has 84 valence electrons. The predicted molar refractivity (Wildman–Crippen MR) is 61.3 cm³/mol. The molecule has 0 amide bonds. The molecule has 5 heteroatoms. The predicted octanol–water partition coefficient (Wildman–Crippen LogP) is 1.32. The lowest BCUT2D eigenvalue weighted by atomic mass is 10.1. The first-order chi connectivity index (χ1) is 7.49. The first-order valence-electron chi connectivity index (χ1n) is 4.94. The van der Waals surface area contributed by atoms with E-state index in [2.05, 4.69) is 4.98 Å². The van der Waals surface area contributed by atoms with E-state index in [4.69, 9.17) is 10.8 Å². The molecule has 0 aliphatic carbocycles. The molecule has 0 saturated carbocycles. The highest BCUT2D eigenvalue weighted by Gasteiger charge is 2.11. The molecule has 0 aliphatic rings. The van der Waals surface area contributed by atoms with Crippen LogP contribution >= 0.6 is 0 Å². The van der Waals surface area contributed by atoms with Crippen molar-refractivity contribution in [3.05, 3.63) is 23.3 Å². The van der Waals surface area contributed by atoms with Crippen molar-refractivity contribution >= 4 is 23.0 Å². The fourth-order valence-corrected chi connectivity index (χ4v) is 1.70. The van der Waals surface area contributed by atoms with Crippen LogP contribution in [0, 0.1) is 13.8 Å². The van der Waals surface area contributed by atoms with Crippen LogP contribution in [-0.4, -0.2) is 20.6 Å². The molecule has 5 nitrogen and oxygen atoms in total. The number of fused-ring (bicyclic) bond motifs is 1. The van der Waals surface area contributed by atoms with Crippen molar-refractivity contribution < 1.29 is 9.90 Å². The maximum Gasteiger partial charge on any atom is 0.323 e. The van der Waals surface area contributed by atoms with Crippen LogP contribution in [0.4, 0.5) is 5.95 Å². The summed E-state index contributed by atoms with van der Waals surface area (Å²) in [6.45, 7) is 3.80. The van der Waals surface area contributed by atoms with Crippen molar-refractivity contribution in [2.24, 2.45) is 0 Å². The van der Waals surface area contributed by atoms with Gasteiger partial charge in [-0.2, -0.15) is 0 Å². The van der Waals surface area contributed by atoms with Crippen LogP contribution in [0.2, 0.25) is 0 Å². The lowest BCUT2D eigenvalue weighted by Crippen LogP contribution is -2.11. The van der Waals surface area contributed by atoms with Gasteiger partial charge in [0.1, 0.15) is 6.54 Å². The lowest BCUT2D eigenvalue weighted by Gasteiger charge is -2.04. The number of aryl methyl sites for hydroxylation is 2. The zero-order valence-electron chi connectivity index (χ0n) is 9.19. The second kappa shape index (κ2) is 3.52. The summed E-state index contributed by atoms with van der Waals surface area (Å²) in [5.41, 5.74) is 9.41. The number of aliphatic carboxylic acids is 1. The summed E-state index contributed by atoms with van der Waals surface area (Å²) in [5.74, 6) is -0.688. The Hall–Kier alpha value is -2.04. The number of hydrogen-bond donors (Lipinski definition) is 2. The number of anilines is 1. The molecule has 0 unspecified atom stereocenters. The van der Waals surface area contributed by atoms with Crippen molar-refractivity contribution in [3.63, 3.8) is 0 Å². The van der Waals surface area contributed by atoms with E-state index in [0.717, 1.165) is 22.2 Å². The molecule has 0 bridgehead atoms. The summed E-state index contributed by atoms with van der Waals surface area (Å²) in [5, 5.41) is 8.79. The highest BCUT2D eigenvalue weighted by Crippen LogP contribution is 2.21. The molecule has 1 aromatic carbocycles. The van der Waals surface area contributed by atoms with Crippen LogP contribution in [0.5, 0.6) is 0 Å². The average Bonchev–Trinajstić information content (AvgIpc) is 2.45. The topological polar surface area (TPSA) is 81.1 Å². The zero-order chi connectivity index (χ0) is 11.9. The Labute approximate surface area is 92.5 Å². The number of carbonyl (C=O) groups is 1. The smallest absolute Gasteiger partial charge is 0.323 e. The molecular formula is C11H13N3O2. The van der Waals surface area contributed by atoms with Gasteiger partial charge in [0, 0.05) is 0 Å². The summed E-state index contributed by atoms with van der Waals surface area (Å²) in [4.78, 5) is 14.9. The molecule has 1 heterocycles. The summed E-state index contributed by atoms with van der Waals surface area (Å²) in [6.07, 6.45) is 0. The number of rotatable bonds is 2. The van der Waals surface area contributed by atoms with Crippen molar-refractivity contribution in [2.45, 2.75) is 20.4 Å². The third-order valence-corrected chi connectivity index (χ3v) is 2.69. The van der Waals surface area contributed by atoms with Crippen LogP contribution in [0.1, 0.15) is 11.1 Å². The van der Waals surface area contributed by atoms with Crippen LogP contribution in [0.25, 0.3) is 11.0 Å². The molecule has 0 radical (unpaired) electrons. The molecule has 0 aliphatic heterocycles. The van der Waals surface area contributed by atoms with E-state index in [1.807, 2.05) is 26.0 Å². The standard InChI is InChI=1S/C11H13N3O2/c1-6-3-8-9(4-7(6)2)14(5-10(15)16)11(12)13-8/h3-4H,5H2,1-2H3,(H2,12,13)(H,15,16). The molecule has 0 fully saturated rings. The molecule has 0 saturated heterocycles. The first kappa shape index (κ1) is 10.5. The van der Waals surface area contributed by atoms with Gasteiger partial charge in [-0.1, -0.05) is 0 Å². The molecule has 2 rings (SSSR count). The number of imidazole rings is 1. The molecule has 2 aromatic rings. The van der Waals surface area contributed by atoms with Gasteiger partial charge >= 0.3 is 5.97 Å². The minimum Gasteiger partial charge on any atom is -0.480 e. The molecule has 0 spiro atoms. The van der Waals surface area contributed by atoms with Gasteiger partial charge in [0.15, 0.2) is 0 Å². The van der Waals surface area contributed by atoms with Gasteiger partial charge in [0.05, 0.1) is 11.0 Å². The molecule has 16 heavy (non-hydrogen) atoms. The average molecular weight is 219 g/mol. The number of benzene rings is 1. The number of hydrogen-bond acceptors (Lipinski definition) is 3. The van der Waals surface area contributed by atoms with Crippen molar-refractivity contribution in [1.29, 1.82) is 0 Å². The highest BCUT2D eigenvalue weighted by molar-refractivity contribution is 5.82. The summed E-state index contributed by atoms with van der Waals surface area (Å²) < 4.78 is 1.50. The van der Waals surface area contributed by atoms with Crippen LogP contribution in [0.3, 0.4) is 0 Å². The first-order valence-corrected chi connectivity index (χ1v) is 4.94. The summed E-state index contributed by atoms with van der Waals surface area (Å²) in [6, 6.07) is 3.83. The van der Waals surface area contributed by atoms with E-state index in [1.165, 1.54) is 4.57 Å². The fraction of sp³-hybridized carbons (Fsp3) is 0.273. The van der Waals surface area contributed by atoms with Gasteiger partial charge < -0.3 is 10.8 Å². The quantitative estimate of drug-likeness (QED) is 0.798. The molecule has 0 atom stereocenters. The van der Waals surface area contributed by atoms with E-state index in [1.54, 1.807) is 0 Å². The Balaban J connectivity index is 2.68. The second-order valence-corrected chi connectivity index (χ2v) is 3.88. The number of nitrogen functional groups attached to an aromatic ring is 1. The maximum absolute atomic E-state index is 10.7. The normalized spacial score (nSPS) is 10.9. The Morgan fingerprint density at radius 2 is 2.06 bits per heavy atom. The van der Waals surface area contributed by atoms with Gasteiger partial charge in [-0.05, 0) is 37.1 Å². The summed E-state index contributed by atoms with van der Waals surface area (Å²) >= 11 is 0. The van der Waals surface area contributed by atoms with E-state index in [-0.39, 0.29) is 12.5 Å². The fourth-order valence-electron chi connectivity index (χ4n) is 1.70. The Morgan fingerprint density at radius 3 is 2.69 bits per heavy atom. The van der Waals surface area contributed by atoms with Crippen molar-refractivity contribution in [2.75, 3.05) is 5.73 Å². The minimum absolute atomic E-state index is 0.162. The number of carboxylic acids is 1. The summed E-state index contributed by atoms with van der Waals surface area (Å²) in [7, 11) is 0. The Kier molecular flexibility index (Phi) is 2.30. The minimum atomic E-state index is -0.927. The van der Waals surface area contributed by atoms with Gasteiger partial charge in [-0.15, -0.1) is 0 Å². The number of nitrogens with zero attached hydrogens (tertiary/aromatic N) is 2.